The van der Waals surface area contributed by atoms with Crippen molar-refractivity contribution in [1.29, 1.82) is 0 Å². The zero-order chi connectivity index (χ0) is 7.78. The molecule has 1 aliphatic rings. The quantitative estimate of drug-likeness (QED) is 0.573. The standard InChI is InChI=1S/C7H13NO2/c1-5(9)7(3)4-10-6(2)8-7/h6,8H,4H2,1-3H3. The van der Waals surface area contributed by atoms with E-state index in [1.807, 2.05) is 13.8 Å². The van der Waals surface area contributed by atoms with Gasteiger partial charge in [-0.1, -0.05) is 0 Å². The monoisotopic (exact) mass is 143 g/mol. The van der Waals surface area contributed by atoms with Crippen LogP contribution < -0.4 is 5.32 Å². The molecule has 1 fully saturated rings. The van der Waals surface area contributed by atoms with Gasteiger partial charge in [0.15, 0.2) is 5.78 Å². The third-order valence-corrected chi connectivity index (χ3v) is 1.92. The van der Waals surface area contributed by atoms with Crippen LogP contribution in [0.2, 0.25) is 0 Å². The summed E-state index contributed by atoms with van der Waals surface area (Å²) in [5.41, 5.74) is -0.445. The fraction of sp³-hybridized carbons (Fsp3) is 0.857. The van der Waals surface area contributed by atoms with Crippen molar-refractivity contribution in [2.45, 2.75) is 32.5 Å². The summed E-state index contributed by atoms with van der Waals surface area (Å²) < 4.78 is 5.20. The van der Waals surface area contributed by atoms with E-state index in [0.29, 0.717) is 6.61 Å². The van der Waals surface area contributed by atoms with Gasteiger partial charge in [0, 0.05) is 0 Å². The van der Waals surface area contributed by atoms with Gasteiger partial charge < -0.3 is 4.74 Å². The van der Waals surface area contributed by atoms with Gasteiger partial charge in [0.2, 0.25) is 0 Å². The van der Waals surface area contributed by atoms with Crippen LogP contribution >= 0.6 is 0 Å². The van der Waals surface area contributed by atoms with Crippen LogP contribution in [0.4, 0.5) is 0 Å². The fourth-order valence-corrected chi connectivity index (χ4v) is 1.03. The van der Waals surface area contributed by atoms with E-state index in [2.05, 4.69) is 5.32 Å². The molecular weight excluding hydrogens is 130 g/mol. The van der Waals surface area contributed by atoms with Gasteiger partial charge in [0.25, 0.3) is 0 Å². The molecule has 1 aliphatic heterocycles. The molecule has 2 unspecified atom stereocenters. The van der Waals surface area contributed by atoms with Crippen molar-refractivity contribution in [3.63, 3.8) is 0 Å². The Morgan fingerprint density at radius 3 is 2.60 bits per heavy atom. The molecule has 0 aromatic rings. The lowest BCUT2D eigenvalue weighted by Gasteiger charge is -2.18. The molecule has 1 heterocycles. The van der Waals surface area contributed by atoms with E-state index in [9.17, 15) is 4.79 Å². The van der Waals surface area contributed by atoms with Crippen LogP contribution in [-0.4, -0.2) is 24.2 Å². The maximum Gasteiger partial charge on any atom is 0.151 e. The van der Waals surface area contributed by atoms with Gasteiger partial charge in [-0.05, 0) is 20.8 Å². The van der Waals surface area contributed by atoms with E-state index in [4.69, 9.17) is 4.74 Å². The molecule has 1 N–H and O–H groups in total. The van der Waals surface area contributed by atoms with E-state index in [-0.39, 0.29) is 12.0 Å². The smallest absolute Gasteiger partial charge is 0.151 e. The highest BCUT2D eigenvalue weighted by Gasteiger charge is 2.37. The second kappa shape index (κ2) is 2.32. The van der Waals surface area contributed by atoms with Crippen molar-refractivity contribution in [2.24, 2.45) is 0 Å². The van der Waals surface area contributed by atoms with Crippen LogP contribution in [0.3, 0.4) is 0 Å². The van der Waals surface area contributed by atoms with Gasteiger partial charge >= 0.3 is 0 Å². The number of rotatable bonds is 1. The first-order chi connectivity index (χ1) is 4.54. The average Bonchev–Trinajstić information content (AvgIpc) is 2.13. The topological polar surface area (TPSA) is 38.3 Å². The van der Waals surface area contributed by atoms with Crippen LogP contribution in [0.5, 0.6) is 0 Å². The third-order valence-electron chi connectivity index (χ3n) is 1.92. The Morgan fingerprint density at radius 2 is 2.40 bits per heavy atom. The lowest BCUT2D eigenvalue weighted by Crippen LogP contribution is -2.47. The number of nitrogens with one attached hydrogen (secondary N) is 1. The molecule has 0 amide bonds. The molecule has 0 aliphatic carbocycles. The first-order valence-corrected chi connectivity index (χ1v) is 3.45. The van der Waals surface area contributed by atoms with Crippen LogP contribution in [0.1, 0.15) is 20.8 Å². The highest BCUT2D eigenvalue weighted by Crippen LogP contribution is 2.14. The number of ether oxygens (including phenoxy) is 1. The first kappa shape index (κ1) is 7.69. The van der Waals surface area contributed by atoms with Gasteiger partial charge in [0.05, 0.1) is 12.1 Å². The normalized spacial score (nSPS) is 40.1. The lowest BCUT2D eigenvalue weighted by atomic mass is 10.0. The summed E-state index contributed by atoms with van der Waals surface area (Å²) in [7, 11) is 0. The molecule has 58 valence electrons. The van der Waals surface area contributed by atoms with Crippen molar-refractivity contribution >= 4 is 5.78 Å². The zero-order valence-corrected chi connectivity index (χ0v) is 6.60. The average molecular weight is 143 g/mol. The SMILES string of the molecule is CC(=O)C1(C)COC(C)N1. The zero-order valence-electron chi connectivity index (χ0n) is 6.60. The van der Waals surface area contributed by atoms with Gasteiger partial charge in [-0.2, -0.15) is 0 Å². The Labute approximate surface area is 60.7 Å². The van der Waals surface area contributed by atoms with E-state index in [1.54, 1.807) is 6.92 Å². The second-order valence-corrected chi connectivity index (χ2v) is 2.99. The van der Waals surface area contributed by atoms with E-state index in [1.165, 1.54) is 0 Å². The molecule has 3 nitrogen and oxygen atoms in total. The number of ketones is 1. The first-order valence-electron chi connectivity index (χ1n) is 3.45. The summed E-state index contributed by atoms with van der Waals surface area (Å²) in [6.45, 7) is 5.82. The van der Waals surface area contributed by atoms with Crippen LogP contribution in [-0.2, 0) is 9.53 Å². The number of hydrogen-bond donors (Lipinski definition) is 1. The molecule has 3 heteroatoms. The Morgan fingerprint density at radius 1 is 1.80 bits per heavy atom. The summed E-state index contributed by atoms with van der Waals surface area (Å²) in [6, 6.07) is 0. The maximum absolute atomic E-state index is 11.0. The molecule has 0 radical (unpaired) electrons. The Kier molecular flexibility index (Phi) is 1.79. The molecule has 0 bridgehead atoms. The molecule has 0 aromatic heterocycles. The Balaban J connectivity index is 2.63. The number of Topliss-reactive ketones (excluding diaryl/α,β-unsaturated/α-hetero) is 1. The van der Waals surface area contributed by atoms with Crippen LogP contribution in [0.15, 0.2) is 0 Å². The lowest BCUT2D eigenvalue weighted by molar-refractivity contribution is -0.122. The summed E-state index contributed by atoms with van der Waals surface area (Å²) in [6.07, 6.45) is 0.00824. The highest BCUT2D eigenvalue weighted by atomic mass is 16.5. The minimum absolute atomic E-state index is 0.00824. The van der Waals surface area contributed by atoms with Gasteiger partial charge in [0.1, 0.15) is 6.23 Å². The Bertz CT molecular complexity index is 158. The van der Waals surface area contributed by atoms with Crippen LogP contribution in [0, 0.1) is 0 Å². The van der Waals surface area contributed by atoms with Gasteiger partial charge in [-0.25, -0.2) is 0 Å². The van der Waals surface area contributed by atoms with Crippen molar-refractivity contribution in [3.8, 4) is 0 Å². The summed E-state index contributed by atoms with van der Waals surface area (Å²) >= 11 is 0. The van der Waals surface area contributed by atoms with Crippen LogP contribution in [0.25, 0.3) is 0 Å². The minimum Gasteiger partial charge on any atom is -0.361 e. The molecule has 0 aromatic carbocycles. The van der Waals surface area contributed by atoms with Gasteiger partial charge in [-0.15, -0.1) is 0 Å². The number of carbonyl (C=O) groups excluding carboxylic acids is 1. The molecular formula is C7H13NO2. The van der Waals surface area contributed by atoms with Crippen molar-refractivity contribution in [1.82, 2.24) is 5.32 Å². The predicted octanol–water partition coefficient (Wildman–Crippen LogP) is 0.300. The van der Waals surface area contributed by atoms with E-state index in [0.717, 1.165) is 0 Å². The summed E-state index contributed by atoms with van der Waals surface area (Å²) in [5.74, 6) is 0.136. The molecule has 1 saturated heterocycles. The summed E-state index contributed by atoms with van der Waals surface area (Å²) in [5, 5.41) is 3.06. The molecule has 0 saturated carbocycles. The Hall–Kier alpha value is -0.410. The molecule has 10 heavy (non-hydrogen) atoms. The second-order valence-electron chi connectivity index (χ2n) is 2.99. The highest BCUT2D eigenvalue weighted by molar-refractivity contribution is 5.86. The van der Waals surface area contributed by atoms with E-state index < -0.39 is 5.54 Å². The molecule has 2 atom stereocenters. The minimum atomic E-state index is -0.445. The van der Waals surface area contributed by atoms with Gasteiger partial charge in [-0.3, -0.25) is 10.1 Å². The van der Waals surface area contributed by atoms with Crippen molar-refractivity contribution < 1.29 is 9.53 Å². The van der Waals surface area contributed by atoms with E-state index >= 15 is 0 Å². The molecule has 1 rings (SSSR count). The number of carbonyl (C=O) groups is 1. The third kappa shape index (κ3) is 1.20. The number of hydrogen-bond acceptors (Lipinski definition) is 3. The fourth-order valence-electron chi connectivity index (χ4n) is 1.03. The van der Waals surface area contributed by atoms with Crippen molar-refractivity contribution in [3.05, 3.63) is 0 Å². The predicted molar refractivity (Wildman–Crippen MR) is 37.6 cm³/mol. The largest absolute Gasteiger partial charge is 0.361 e. The van der Waals surface area contributed by atoms with Crippen molar-refractivity contribution in [2.75, 3.05) is 6.61 Å². The molecule has 0 spiro atoms. The maximum atomic E-state index is 11.0. The summed E-state index contributed by atoms with van der Waals surface area (Å²) in [4.78, 5) is 11.0.